The van der Waals surface area contributed by atoms with E-state index in [4.69, 9.17) is 11.6 Å². The average molecular weight is 347 g/mol. The minimum Gasteiger partial charge on any atom is -0.324 e. The maximum Gasteiger partial charge on any atom is 0.238 e. The molecule has 1 fully saturated rings. The first-order valence-electron chi connectivity index (χ1n) is 6.33. The summed E-state index contributed by atoms with van der Waals surface area (Å²) in [6, 6.07) is 5.35. The summed E-state index contributed by atoms with van der Waals surface area (Å²) in [6.45, 7) is 4.24. The molecule has 1 aromatic rings. The molecule has 1 aliphatic heterocycles. The van der Waals surface area contributed by atoms with Crippen LogP contribution in [0.25, 0.3) is 0 Å². The van der Waals surface area contributed by atoms with E-state index in [-0.39, 0.29) is 5.91 Å². The zero-order valence-corrected chi connectivity index (χ0v) is 12.9. The molecule has 1 saturated heterocycles. The van der Waals surface area contributed by atoms with Crippen LogP contribution in [0, 0.1) is 0 Å². The van der Waals surface area contributed by atoms with E-state index in [9.17, 15) is 4.79 Å². The number of anilines is 1. The number of amides is 1. The molecule has 1 amide bonds. The van der Waals surface area contributed by atoms with Crippen molar-refractivity contribution in [3.05, 3.63) is 27.7 Å². The summed E-state index contributed by atoms with van der Waals surface area (Å²) < 4.78 is 0.836. The van der Waals surface area contributed by atoms with Gasteiger partial charge in [-0.15, -0.1) is 0 Å². The SMILES string of the molecule is O=C(CN1CCCNCC1)Nc1cc(Cl)ccc1Br. The van der Waals surface area contributed by atoms with E-state index in [1.807, 2.05) is 6.07 Å². The van der Waals surface area contributed by atoms with E-state index < -0.39 is 0 Å². The van der Waals surface area contributed by atoms with Gasteiger partial charge in [-0.3, -0.25) is 9.69 Å². The fourth-order valence-corrected chi connectivity index (χ4v) is 2.56. The lowest BCUT2D eigenvalue weighted by Gasteiger charge is -2.19. The predicted molar refractivity (Wildman–Crippen MR) is 81.7 cm³/mol. The molecule has 0 aromatic heterocycles. The van der Waals surface area contributed by atoms with E-state index in [0.717, 1.165) is 37.1 Å². The molecule has 1 heterocycles. The quantitative estimate of drug-likeness (QED) is 0.883. The first-order valence-corrected chi connectivity index (χ1v) is 7.50. The number of halogens is 2. The maximum absolute atomic E-state index is 12.0. The van der Waals surface area contributed by atoms with Crippen molar-refractivity contribution < 1.29 is 4.79 Å². The van der Waals surface area contributed by atoms with Crippen molar-refractivity contribution in [1.82, 2.24) is 10.2 Å². The third-order valence-electron chi connectivity index (χ3n) is 3.00. The Balaban J connectivity index is 1.91. The largest absolute Gasteiger partial charge is 0.324 e. The van der Waals surface area contributed by atoms with Crippen LogP contribution in [0.3, 0.4) is 0 Å². The Kier molecular flexibility index (Phi) is 5.63. The van der Waals surface area contributed by atoms with Crippen LogP contribution in [0.2, 0.25) is 5.02 Å². The Morgan fingerprint density at radius 1 is 1.42 bits per heavy atom. The van der Waals surface area contributed by atoms with Crippen molar-refractivity contribution in [2.45, 2.75) is 6.42 Å². The Morgan fingerprint density at radius 3 is 3.11 bits per heavy atom. The van der Waals surface area contributed by atoms with Crippen LogP contribution in [0.5, 0.6) is 0 Å². The number of nitrogens with zero attached hydrogens (tertiary/aromatic N) is 1. The molecular weight excluding hydrogens is 330 g/mol. The van der Waals surface area contributed by atoms with Crippen molar-refractivity contribution in [2.24, 2.45) is 0 Å². The minimum absolute atomic E-state index is 0.00938. The first kappa shape index (κ1) is 14.8. The number of carbonyl (C=O) groups excluding carboxylic acids is 1. The van der Waals surface area contributed by atoms with E-state index in [1.165, 1.54) is 0 Å². The highest BCUT2D eigenvalue weighted by Crippen LogP contribution is 2.25. The van der Waals surface area contributed by atoms with Crippen LogP contribution in [-0.4, -0.2) is 43.5 Å². The van der Waals surface area contributed by atoms with E-state index in [2.05, 4.69) is 31.5 Å². The Labute approximate surface area is 126 Å². The van der Waals surface area contributed by atoms with Crippen LogP contribution in [0.1, 0.15) is 6.42 Å². The first-order chi connectivity index (χ1) is 9.15. The lowest BCUT2D eigenvalue weighted by molar-refractivity contribution is -0.117. The van der Waals surface area contributed by atoms with Crippen LogP contribution >= 0.6 is 27.5 Å². The van der Waals surface area contributed by atoms with Gasteiger partial charge in [0.2, 0.25) is 5.91 Å². The highest BCUT2D eigenvalue weighted by Gasteiger charge is 2.13. The van der Waals surface area contributed by atoms with Gasteiger partial charge in [-0.05, 0) is 53.6 Å². The molecule has 19 heavy (non-hydrogen) atoms. The molecular formula is C13H17BrClN3O. The zero-order valence-electron chi connectivity index (χ0n) is 10.6. The molecule has 0 radical (unpaired) electrons. The van der Waals surface area contributed by atoms with Crippen molar-refractivity contribution in [3.63, 3.8) is 0 Å². The van der Waals surface area contributed by atoms with Gasteiger partial charge in [-0.1, -0.05) is 11.6 Å². The minimum atomic E-state index is -0.00938. The summed E-state index contributed by atoms with van der Waals surface area (Å²) in [7, 11) is 0. The highest BCUT2D eigenvalue weighted by atomic mass is 79.9. The second-order valence-corrected chi connectivity index (χ2v) is 5.84. The number of carbonyl (C=O) groups is 1. The van der Waals surface area contributed by atoms with Crippen molar-refractivity contribution in [3.8, 4) is 0 Å². The fraction of sp³-hybridized carbons (Fsp3) is 0.462. The molecule has 4 nitrogen and oxygen atoms in total. The molecule has 2 N–H and O–H groups in total. The van der Waals surface area contributed by atoms with Crippen molar-refractivity contribution >= 4 is 39.1 Å². The van der Waals surface area contributed by atoms with E-state index >= 15 is 0 Å². The van der Waals surface area contributed by atoms with Gasteiger partial charge in [-0.2, -0.15) is 0 Å². The molecule has 0 unspecified atom stereocenters. The Hall–Kier alpha value is -0.620. The van der Waals surface area contributed by atoms with Gasteiger partial charge in [-0.25, -0.2) is 0 Å². The second kappa shape index (κ2) is 7.24. The smallest absolute Gasteiger partial charge is 0.238 e. The second-order valence-electron chi connectivity index (χ2n) is 4.55. The summed E-state index contributed by atoms with van der Waals surface area (Å²) in [5.41, 5.74) is 0.713. The molecule has 1 aliphatic rings. The predicted octanol–water partition coefficient (Wildman–Crippen LogP) is 2.34. The number of rotatable bonds is 3. The van der Waals surface area contributed by atoms with E-state index in [1.54, 1.807) is 12.1 Å². The Morgan fingerprint density at radius 2 is 2.26 bits per heavy atom. The van der Waals surface area contributed by atoms with Gasteiger partial charge >= 0.3 is 0 Å². The van der Waals surface area contributed by atoms with Gasteiger partial charge in [0.05, 0.1) is 12.2 Å². The van der Waals surface area contributed by atoms with Crippen LogP contribution in [0.4, 0.5) is 5.69 Å². The zero-order chi connectivity index (χ0) is 13.7. The average Bonchev–Trinajstić information content (AvgIpc) is 2.62. The third-order valence-corrected chi connectivity index (χ3v) is 3.93. The van der Waals surface area contributed by atoms with Crippen molar-refractivity contribution in [2.75, 3.05) is 38.0 Å². The van der Waals surface area contributed by atoms with Gasteiger partial charge in [0.15, 0.2) is 0 Å². The number of hydrogen-bond donors (Lipinski definition) is 2. The molecule has 2 rings (SSSR count). The third kappa shape index (κ3) is 4.76. The fourth-order valence-electron chi connectivity index (χ4n) is 2.05. The normalized spacial score (nSPS) is 16.9. The molecule has 0 atom stereocenters. The monoisotopic (exact) mass is 345 g/mol. The van der Waals surface area contributed by atoms with Gasteiger partial charge in [0.25, 0.3) is 0 Å². The maximum atomic E-state index is 12.0. The number of nitrogens with one attached hydrogen (secondary N) is 2. The summed E-state index contributed by atoms with van der Waals surface area (Å²) in [4.78, 5) is 14.2. The topological polar surface area (TPSA) is 44.4 Å². The van der Waals surface area contributed by atoms with Crippen LogP contribution in [0.15, 0.2) is 22.7 Å². The summed E-state index contributed by atoms with van der Waals surface area (Å²) in [6.07, 6.45) is 1.08. The van der Waals surface area contributed by atoms with Crippen LogP contribution in [-0.2, 0) is 4.79 Å². The highest BCUT2D eigenvalue weighted by molar-refractivity contribution is 9.10. The molecule has 6 heteroatoms. The lowest BCUT2D eigenvalue weighted by Crippen LogP contribution is -2.35. The van der Waals surface area contributed by atoms with Crippen LogP contribution < -0.4 is 10.6 Å². The molecule has 1 aromatic carbocycles. The summed E-state index contributed by atoms with van der Waals surface area (Å²) in [5, 5.41) is 6.81. The molecule has 104 valence electrons. The molecule has 0 aliphatic carbocycles. The Bertz CT molecular complexity index is 448. The summed E-state index contributed by atoms with van der Waals surface area (Å²) in [5.74, 6) is -0.00938. The molecule has 0 spiro atoms. The molecule has 0 saturated carbocycles. The van der Waals surface area contributed by atoms with Crippen molar-refractivity contribution in [1.29, 1.82) is 0 Å². The number of benzene rings is 1. The summed E-state index contributed by atoms with van der Waals surface area (Å²) >= 11 is 9.32. The standard InChI is InChI=1S/C13H17BrClN3O/c14-11-3-2-10(15)8-12(11)17-13(19)9-18-6-1-4-16-5-7-18/h2-3,8,16H,1,4-7,9H2,(H,17,19). The number of hydrogen-bond acceptors (Lipinski definition) is 3. The van der Waals surface area contributed by atoms with Gasteiger partial charge in [0.1, 0.15) is 0 Å². The van der Waals surface area contributed by atoms with E-state index in [0.29, 0.717) is 17.3 Å². The lowest BCUT2D eigenvalue weighted by atomic mass is 10.3. The molecule has 0 bridgehead atoms. The van der Waals surface area contributed by atoms with Gasteiger partial charge in [0, 0.05) is 22.6 Å². The van der Waals surface area contributed by atoms with Gasteiger partial charge < -0.3 is 10.6 Å².